The zero-order valence-corrected chi connectivity index (χ0v) is 44.7. The monoisotopic (exact) mass is 986 g/mol. The molecule has 0 saturated heterocycles. The molecule has 2 bridgehead atoms. The SMILES string of the molecule is CC(C)(C)c1ccc2sc3c(c2c1)N(c1ccccc1)c1cccc2c1B3c1ccc3cc1N2c1c(ccc2c1c1ccccc1n2-c1ccccc1)Cc1ccccc1N3c1ccc2c(c1)C(C)(C)CCC2(C)C. The molecule has 0 spiro atoms. The van der Waals surface area contributed by atoms with Gasteiger partial charge in [0.2, 0.25) is 0 Å². The second-order valence-electron chi connectivity index (χ2n) is 24.0. The van der Waals surface area contributed by atoms with E-state index in [1.54, 1.807) is 0 Å². The Labute approximate surface area is 445 Å². The zero-order valence-electron chi connectivity index (χ0n) is 43.9. The summed E-state index contributed by atoms with van der Waals surface area (Å²) in [4.78, 5) is 7.88. The van der Waals surface area contributed by atoms with E-state index in [0.29, 0.717) is 0 Å². The molecule has 1 aliphatic carbocycles. The van der Waals surface area contributed by atoms with Crippen LogP contribution in [0.4, 0.5) is 51.2 Å². The van der Waals surface area contributed by atoms with Crippen LogP contribution in [-0.2, 0) is 22.7 Å². The highest BCUT2D eigenvalue weighted by molar-refractivity contribution is 7.33. The third-order valence-corrected chi connectivity index (χ3v) is 18.8. The lowest BCUT2D eigenvalue weighted by Crippen LogP contribution is -2.60. The van der Waals surface area contributed by atoms with Crippen LogP contribution < -0.4 is 30.4 Å². The van der Waals surface area contributed by atoms with E-state index < -0.39 is 0 Å². The number of aromatic nitrogens is 1. The Hall–Kier alpha value is -7.80. The van der Waals surface area contributed by atoms with Gasteiger partial charge >= 0.3 is 0 Å². The van der Waals surface area contributed by atoms with Gasteiger partial charge in [-0.25, -0.2) is 0 Å². The summed E-state index contributed by atoms with van der Waals surface area (Å²) in [7, 11) is 0. The van der Waals surface area contributed by atoms with Gasteiger partial charge in [-0.1, -0.05) is 152 Å². The van der Waals surface area contributed by atoms with E-state index in [0.717, 1.165) is 24.2 Å². The molecule has 0 unspecified atom stereocenters. The van der Waals surface area contributed by atoms with Crippen LogP contribution in [0.15, 0.2) is 194 Å². The molecule has 11 aromatic rings. The summed E-state index contributed by atoms with van der Waals surface area (Å²) in [5, 5.41) is 3.83. The molecule has 5 heterocycles. The summed E-state index contributed by atoms with van der Waals surface area (Å²) in [5.41, 5.74) is 24.3. The summed E-state index contributed by atoms with van der Waals surface area (Å²) < 4.78 is 5.19. The maximum atomic E-state index is 2.71. The van der Waals surface area contributed by atoms with Crippen molar-refractivity contribution in [1.82, 2.24) is 4.57 Å². The molecule has 2 aromatic heterocycles. The average Bonchev–Trinajstić information content (AvgIpc) is 3.98. The highest BCUT2D eigenvalue weighted by Gasteiger charge is 2.47. The fourth-order valence-corrected chi connectivity index (χ4v) is 15.0. The third-order valence-electron chi connectivity index (χ3n) is 17.5. The summed E-state index contributed by atoms with van der Waals surface area (Å²) in [5.74, 6) is 0. The predicted octanol–water partition coefficient (Wildman–Crippen LogP) is 17.1. The van der Waals surface area contributed by atoms with Gasteiger partial charge in [-0.2, -0.15) is 0 Å². The van der Waals surface area contributed by atoms with Crippen LogP contribution in [0.5, 0.6) is 0 Å². The maximum Gasteiger partial charge on any atom is 0.264 e. The van der Waals surface area contributed by atoms with Crippen LogP contribution in [0.3, 0.4) is 0 Å². The van der Waals surface area contributed by atoms with Crippen LogP contribution in [0, 0.1) is 0 Å². The number of anilines is 9. The van der Waals surface area contributed by atoms with Crippen molar-refractivity contribution >= 4 is 117 Å². The summed E-state index contributed by atoms with van der Waals surface area (Å²) in [6, 6.07) is 74.4. The molecule has 0 N–H and O–H groups in total. The molecule has 0 saturated carbocycles. The minimum atomic E-state index is -0.00860. The Kier molecular flexibility index (Phi) is 9.45. The zero-order chi connectivity index (χ0) is 50.7. The van der Waals surface area contributed by atoms with E-state index in [9.17, 15) is 0 Å². The van der Waals surface area contributed by atoms with Crippen molar-refractivity contribution in [1.29, 1.82) is 0 Å². The second kappa shape index (κ2) is 15.9. The van der Waals surface area contributed by atoms with Crippen LogP contribution >= 0.6 is 11.3 Å². The first-order valence-corrected chi connectivity index (χ1v) is 27.8. The van der Waals surface area contributed by atoms with Gasteiger partial charge in [0.05, 0.1) is 22.4 Å². The lowest BCUT2D eigenvalue weighted by Gasteiger charge is -2.44. The summed E-state index contributed by atoms with van der Waals surface area (Å²) in [6.07, 6.45) is 3.09. The van der Waals surface area contributed by atoms with E-state index >= 15 is 0 Å². The lowest BCUT2D eigenvalue weighted by molar-refractivity contribution is 0.332. The van der Waals surface area contributed by atoms with Gasteiger partial charge in [-0.05, 0) is 159 Å². The summed E-state index contributed by atoms with van der Waals surface area (Å²) >= 11 is 1.98. The molecule has 9 aromatic carbocycles. The van der Waals surface area contributed by atoms with Crippen molar-refractivity contribution in [3.05, 3.63) is 222 Å². The number of hydrogen-bond donors (Lipinski definition) is 0. The van der Waals surface area contributed by atoms with Gasteiger partial charge in [-0.15, -0.1) is 11.3 Å². The van der Waals surface area contributed by atoms with Gasteiger partial charge < -0.3 is 19.3 Å². The minimum Gasteiger partial charge on any atom is -0.310 e. The van der Waals surface area contributed by atoms with E-state index in [1.807, 2.05) is 11.3 Å². The Morgan fingerprint density at radius 2 is 1.13 bits per heavy atom. The van der Waals surface area contributed by atoms with E-state index in [1.165, 1.54) is 127 Å². The molecular weight excluding hydrogens is 928 g/mol. The Bertz CT molecular complexity index is 4180. The molecule has 4 aliphatic rings. The lowest BCUT2D eigenvalue weighted by atomic mass is 9.36. The molecule has 0 atom stereocenters. The molecule has 15 rings (SSSR count). The first-order chi connectivity index (χ1) is 36.3. The maximum absolute atomic E-state index is 2.71. The Morgan fingerprint density at radius 3 is 1.92 bits per heavy atom. The number of nitrogens with zero attached hydrogens (tertiary/aromatic N) is 4. The van der Waals surface area contributed by atoms with Crippen LogP contribution in [0.1, 0.15) is 89.1 Å². The predicted molar refractivity (Wildman–Crippen MR) is 322 cm³/mol. The van der Waals surface area contributed by atoms with Gasteiger partial charge in [-0.3, -0.25) is 0 Å². The van der Waals surface area contributed by atoms with Crippen molar-refractivity contribution in [3.8, 4) is 5.69 Å². The quantitative estimate of drug-likeness (QED) is 0.164. The Balaban J connectivity index is 1.08. The van der Waals surface area contributed by atoms with E-state index in [4.69, 9.17) is 0 Å². The second-order valence-corrected chi connectivity index (χ2v) is 25.0. The molecule has 6 heteroatoms. The normalized spacial score (nSPS) is 15.9. The number of hydrogen-bond acceptors (Lipinski definition) is 4. The van der Waals surface area contributed by atoms with Crippen molar-refractivity contribution in [2.45, 2.75) is 84.0 Å². The molecular formula is C69H59BN4S. The first kappa shape index (κ1) is 44.7. The fraction of sp³-hybridized carbons (Fsp3) is 0.188. The number of rotatable bonds is 3. The van der Waals surface area contributed by atoms with E-state index in [2.05, 4.69) is 262 Å². The first-order valence-electron chi connectivity index (χ1n) is 27.0. The van der Waals surface area contributed by atoms with Gasteiger partial charge in [0, 0.05) is 77.6 Å². The van der Waals surface area contributed by atoms with Crippen molar-refractivity contribution in [3.63, 3.8) is 0 Å². The van der Waals surface area contributed by atoms with Gasteiger partial charge in [0.15, 0.2) is 0 Å². The van der Waals surface area contributed by atoms with Gasteiger partial charge in [0.1, 0.15) is 0 Å². The van der Waals surface area contributed by atoms with Gasteiger partial charge in [0.25, 0.3) is 6.71 Å². The molecule has 0 fully saturated rings. The number of para-hydroxylation sites is 4. The molecule has 3 aliphatic heterocycles. The fourth-order valence-electron chi connectivity index (χ4n) is 13.7. The number of thiophene rings is 1. The highest BCUT2D eigenvalue weighted by atomic mass is 32.1. The van der Waals surface area contributed by atoms with Crippen molar-refractivity contribution < 1.29 is 0 Å². The largest absolute Gasteiger partial charge is 0.310 e. The third kappa shape index (κ3) is 6.48. The number of benzene rings is 9. The standard InChI is InChI=1S/C69H59BN4S/c1-67(2,3)45-30-36-61-51(40-45)65-66(75-61)70-54-34-32-49-42-60(54)74(59-28-18-27-58(63(59)70)73(65)47-22-12-9-13-23-47)64-44(29-35-57-62(64)50-24-15-17-26-56(50)72(57)46-20-10-8-11-21-46)39-43-19-14-16-25-55(43)71(49)48-31-33-52-53(41-48)69(6,7)38-37-68(52,4)5/h8-36,40-42H,37-39H2,1-7H3. The Morgan fingerprint density at radius 1 is 0.467 bits per heavy atom. The van der Waals surface area contributed by atoms with Crippen molar-refractivity contribution in [2.75, 3.05) is 14.7 Å². The molecule has 75 heavy (non-hydrogen) atoms. The van der Waals surface area contributed by atoms with Crippen LogP contribution in [0.25, 0.3) is 37.6 Å². The topological polar surface area (TPSA) is 14.7 Å². The van der Waals surface area contributed by atoms with Crippen molar-refractivity contribution in [2.24, 2.45) is 0 Å². The smallest absolute Gasteiger partial charge is 0.264 e. The molecule has 0 radical (unpaired) electrons. The van der Waals surface area contributed by atoms with Crippen LogP contribution in [-0.4, -0.2) is 11.3 Å². The average molecular weight is 987 g/mol. The summed E-state index contributed by atoms with van der Waals surface area (Å²) in [6.45, 7) is 16.8. The molecule has 4 nitrogen and oxygen atoms in total. The minimum absolute atomic E-state index is 0.00345. The van der Waals surface area contributed by atoms with E-state index in [-0.39, 0.29) is 23.0 Å². The van der Waals surface area contributed by atoms with Crippen LogP contribution in [0.2, 0.25) is 0 Å². The molecule has 364 valence electrons. The molecule has 0 amide bonds. The number of fused-ring (bicyclic) bond motifs is 15. The highest BCUT2D eigenvalue weighted by Crippen LogP contribution is 2.54.